The first kappa shape index (κ1) is 9.19. The monoisotopic (exact) mass is 197 g/mol. The largest absolute Gasteiger partial charge is 0.379 e. The van der Waals surface area contributed by atoms with Crippen LogP contribution in [0.2, 0.25) is 0 Å². The normalized spacial score (nSPS) is 19.2. The van der Waals surface area contributed by atoms with E-state index in [1.54, 1.807) is 0 Å². The number of rotatable bonds is 2. The van der Waals surface area contributed by atoms with Crippen LogP contribution >= 0.6 is 11.3 Å². The molecular formula is C10H15NOS. The van der Waals surface area contributed by atoms with E-state index in [-0.39, 0.29) is 0 Å². The predicted octanol–water partition coefficient (Wildman–Crippen LogP) is 1.89. The van der Waals surface area contributed by atoms with Crippen LogP contribution in [0.4, 0.5) is 0 Å². The molecule has 0 bridgehead atoms. The SMILES string of the molecule is Cc1ccsc1CN1CCOCC1. The highest BCUT2D eigenvalue weighted by Gasteiger charge is 2.11. The van der Waals surface area contributed by atoms with Gasteiger partial charge in [0, 0.05) is 24.5 Å². The Kier molecular flexibility index (Phi) is 2.98. The van der Waals surface area contributed by atoms with Gasteiger partial charge in [-0.25, -0.2) is 0 Å². The molecule has 0 saturated carbocycles. The van der Waals surface area contributed by atoms with Crippen molar-refractivity contribution in [2.45, 2.75) is 13.5 Å². The molecule has 0 radical (unpaired) electrons. The molecule has 2 heterocycles. The highest BCUT2D eigenvalue weighted by Crippen LogP contribution is 2.18. The van der Waals surface area contributed by atoms with Crippen molar-refractivity contribution in [3.63, 3.8) is 0 Å². The quantitative estimate of drug-likeness (QED) is 0.718. The van der Waals surface area contributed by atoms with Crippen molar-refractivity contribution >= 4 is 11.3 Å². The van der Waals surface area contributed by atoms with Gasteiger partial charge >= 0.3 is 0 Å². The maximum atomic E-state index is 5.31. The van der Waals surface area contributed by atoms with Gasteiger partial charge in [0.25, 0.3) is 0 Å². The molecule has 1 aromatic heterocycles. The fraction of sp³-hybridized carbons (Fsp3) is 0.600. The third kappa shape index (κ3) is 2.30. The van der Waals surface area contributed by atoms with Crippen LogP contribution in [0.25, 0.3) is 0 Å². The Hall–Kier alpha value is -0.380. The number of thiophene rings is 1. The first-order valence-electron chi connectivity index (χ1n) is 4.69. The van der Waals surface area contributed by atoms with E-state index >= 15 is 0 Å². The number of hydrogen-bond acceptors (Lipinski definition) is 3. The van der Waals surface area contributed by atoms with Crippen molar-refractivity contribution in [3.05, 3.63) is 21.9 Å². The Morgan fingerprint density at radius 2 is 2.23 bits per heavy atom. The molecule has 0 amide bonds. The molecule has 0 unspecified atom stereocenters. The van der Waals surface area contributed by atoms with E-state index in [1.807, 2.05) is 11.3 Å². The Labute approximate surface area is 83.1 Å². The fourth-order valence-corrected chi connectivity index (χ4v) is 2.48. The minimum atomic E-state index is 0.893. The summed E-state index contributed by atoms with van der Waals surface area (Å²) >= 11 is 1.86. The van der Waals surface area contributed by atoms with Crippen LogP contribution in [0.1, 0.15) is 10.4 Å². The van der Waals surface area contributed by atoms with Crippen molar-refractivity contribution < 1.29 is 4.74 Å². The smallest absolute Gasteiger partial charge is 0.0594 e. The molecule has 72 valence electrons. The lowest BCUT2D eigenvalue weighted by Gasteiger charge is -2.26. The molecule has 0 atom stereocenters. The van der Waals surface area contributed by atoms with Crippen molar-refractivity contribution in [2.75, 3.05) is 26.3 Å². The van der Waals surface area contributed by atoms with Crippen LogP contribution in [0.5, 0.6) is 0 Å². The molecule has 1 fully saturated rings. The molecule has 13 heavy (non-hydrogen) atoms. The van der Waals surface area contributed by atoms with Crippen molar-refractivity contribution in [2.24, 2.45) is 0 Å². The van der Waals surface area contributed by atoms with Gasteiger partial charge in [-0.3, -0.25) is 4.90 Å². The number of morpholine rings is 1. The third-order valence-electron chi connectivity index (χ3n) is 2.44. The highest BCUT2D eigenvalue weighted by atomic mass is 32.1. The Balaban J connectivity index is 1.93. The maximum absolute atomic E-state index is 5.31. The topological polar surface area (TPSA) is 12.5 Å². The molecule has 0 N–H and O–H groups in total. The first-order valence-corrected chi connectivity index (χ1v) is 5.57. The predicted molar refractivity (Wildman–Crippen MR) is 55.2 cm³/mol. The zero-order chi connectivity index (χ0) is 9.10. The highest BCUT2D eigenvalue weighted by molar-refractivity contribution is 7.10. The van der Waals surface area contributed by atoms with Gasteiger partial charge in [0.2, 0.25) is 0 Å². The summed E-state index contributed by atoms with van der Waals surface area (Å²) in [4.78, 5) is 3.96. The van der Waals surface area contributed by atoms with Crippen LogP contribution in [-0.4, -0.2) is 31.2 Å². The van der Waals surface area contributed by atoms with Gasteiger partial charge in [0.15, 0.2) is 0 Å². The average Bonchev–Trinajstić information content (AvgIpc) is 2.54. The standard InChI is InChI=1S/C10H15NOS/c1-9-2-7-13-10(9)8-11-3-5-12-6-4-11/h2,7H,3-6,8H2,1H3. The number of hydrogen-bond donors (Lipinski definition) is 0. The molecule has 1 saturated heterocycles. The van der Waals surface area contributed by atoms with E-state index in [1.165, 1.54) is 10.4 Å². The van der Waals surface area contributed by atoms with E-state index in [0.29, 0.717) is 0 Å². The summed E-state index contributed by atoms with van der Waals surface area (Å²) in [5.41, 5.74) is 1.43. The van der Waals surface area contributed by atoms with Crippen LogP contribution in [0, 0.1) is 6.92 Å². The second kappa shape index (κ2) is 4.22. The molecule has 1 aromatic rings. The summed E-state index contributed by atoms with van der Waals surface area (Å²) in [6.45, 7) is 7.24. The van der Waals surface area contributed by atoms with Gasteiger partial charge in [-0.1, -0.05) is 0 Å². The molecule has 2 nitrogen and oxygen atoms in total. The van der Waals surface area contributed by atoms with Crippen LogP contribution < -0.4 is 0 Å². The van der Waals surface area contributed by atoms with Gasteiger partial charge in [-0.15, -0.1) is 11.3 Å². The fourth-order valence-electron chi connectivity index (χ4n) is 1.53. The van der Waals surface area contributed by atoms with Crippen molar-refractivity contribution in [3.8, 4) is 0 Å². The molecular weight excluding hydrogens is 182 g/mol. The van der Waals surface area contributed by atoms with Gasteiger partial charge < -0.3 is 4.74 Å². The number of ether oxygens (including phenoxy) is 1. The van der Waals surface area contributed by atoms with Gasteiger partial charge in [-0.05, 0) is 23.9 Å². The molecule has 0 spiro atoms. The minimum Gasteiger partial charge on any atom is -0.379 e. The summed E-state index contributed by atoms with van der Waals surface area (Å²) in [5.74, 6) is 0. The summed E-state index contributed by atoms with van der Waals surface area (Å²) < 4.78 is 5.31. The number of nitrogens with zero attached hydrogens (tertiary/aromatic N) is 1. The molecule has 0 aliphatic carbocycles. The van der Waals surface area contributed by atoms with Crippen molar-refractivity contribution in [1.29, 1.82) is 0 Å². The van der Waals surface area contributed by atoms with Crippen LogP contribution in [0.15, 0.2) is 11.4 Å². The zero-order valence-corrected chi connectivity index (χ0v) is 8.77. The first-order chi connectivity index (χ1) is 6.36. The zero-order valence-electron chi connectivity index (χ0n) is 7.95. The Morgan fingerprint density at radius 1 is 1.46 bits per heavy atom. The van der Waals surface area contributed by atoms with E-state index in [0.717, 1.165) is 32.8 Å². The second-order valence-corrected chi connectivity index (χ2v) is 4.42. The molecule has 0 aromatic carbocycles. The molecule has 3 heteroatoms. The molecule has 1 aliphatic rings. The minimum absolute atomic E-state index is 0.893. The number of aryl methyl sites for hydroxylation is 1. The van der Waals surface area contributed by atoms with Crippen LogP contribution in [-0.2, 0) is 11.3 Å². The van der Waals surface area contributed by atoms with Gasteiger partial charge in [0.05, 0.1) is 13.2 Å². The van der Waals surface area contributed by atoms with E-state index < -0.39 is 0 Å². The van der Waals surface area contributed by atoms with Crippen molar-refractivity contribution in [1.82, 2.24) is 4.90 Å². The summed E-state index contributed by atoms with van der Waals surface area (Å²) in [7, 11) is 0. The van der Waals surface area contributed by atoms with Crippen LogP contribution in [0.3, 0.4) is 0 Å². The molecule has 1 aliphatic heterocycles. The average molecular weight is 197 g/mol. The van der Waals surface area contributed by atoms with Gasteiger partial charge in [-0.2, -0.15) is 0 Å². The summed E-state index contributed by atoms with van der Waals surface area (Å²) in [6.07, 6.45) is 0. The third-order valence-corrected chi connectivity index (χ3v) is 3.45. The Bertz CT molecular complexity index is 266. The van der Waals surface area contributed by atoms with Gasteiger partial charge in [0.1, 0.15) is 0 Å². The van der Waals surface area contributed by atoms with E-state index in [9.17, 15) is 0 Å². The van der Waals surface area contributed by atoms with E-state index in [2.05, 4.69) is 23.3 Å². The summed E-state index contributed by atoms with van der Waals surface area (Å²) in [5, 5.41) is 2.17. The lowest BCUT2D eigenvalue weighted by molar-refractivity contribution is 0.0345. The van der Waals surface area contributed by atoms with E-state index in [4.69, 9.17) is 4.74 Å². The maximum Gasteiger partial charge on any atom is 0.0594 e. The Morgan fingerprint density at radius 3 is 2.85 bits per heavy atom. The lowest BCUT2D eigenvalue weighted by atomic mass is 10.2. The molecule has 2 rings (SSSR count). The summed E-state index contributed by atoms with van der Waals surface area (Å²) in [6, 6.07) is 2.19. The lowest BCUT2D eigenvalue weighted by Crippen LogP contribution is -2.35. The second-order valence-electron chi connectivity index (χ2n) is 3.42.